The standard InChI is InChI=1S/C20H25N5.HI/c1-21-20(22-14-8-11-16-9-4-3-5-10-16)23-15-19-24-17-12-6-7-13-18(17)25(19)2;/h3-7,9-10,12-13H,8,11,14-15H2,1-2H3,(H2,21,22,23);1H. The van der Waals surface area contributed by atoms with Crippen LogP contribution >= 0.6 is 24.0 Å². The van der Waals surface area contributed by atoms with Crippen LogP contribution in [0.25, 0.3) is 11.0 Å². The molecule has 1 aromatic heterocycles. The quantitative estimate of drug-likeness (QED) is 0.255. The fourth-order valence-corrected chi connectivity index (χ4v) is 2.88. The number of benzene rings is 2. The van der Waals surface area contributed by atoms with Crippen molar-refractivity contribution in [3.63, 3.8) is 0 Å². The average Bonchev–Trinajstić information content (AvgIpc) is 2.98. The number of halogens is 1. The first kappa shape index (κ1) is 20.2. The predicted molar refractivity (Wildman–Crippen MR) is 119 cm³/mol. The lowest BCUT2D eigenvalue weighted by atomic mass is 10.1. The molecule has 6 heteroatoms. The van der Waals surface area contributed by atoms with Gasteiger partial charge in [0.25, 0.3) is 0 Å². The summed E-state index contributed by atoms with van der Waals surface area (Å²) in [4.78, 5) is 8.96. The van der Waals surface area contributed by atoms with E-state index in [-0.39, 0.29) is 24.0 Å². The molecule has 0 saturated heterocycles. The van der Waals surface area contributed by atoms with Crippen LogP contribution in [-0.4, -0.2) is 29.1 Å². The van der Waals surface area contributed by atoms with E-state index in [1.54, 1.807) is 7.05 Å². The number of imidazole rings is 1. The monoisotopic (exact) mass is 463 g/mol. The minimum atomic E-state index is 0. The van der Waals surface area contributed by atoms with Gasteiger partial charge in [0.15, 0.2) is 5.96 Å². The fraction of sp³-hybridized carbons (Fsp3) is 0.300. The minimum absolute atomic E-state index is 0. The van der Waals surface area contributed by atoms with Crippen LogP contribution in [0.4, 0.5) is 0 Å². The number of nitrogens with zero attached hydrogens (tertiary/aromatic N) is 3. The number of para-hydroxylation sites is 2. The van der Waals surface area contributed by atoms with Gasteiger partial charge in [0.2, 0.25) is 0 Å². The van der Waals surface area contributed by atoms with Gasteiger partial charge in [-0.3, -0.25) is 4.99 Å². The van der Waals surface area contributed by atoms with Gasteiger partial charge < -0.3 is 15.2 Å². The van der Waals surface area contributed by atoms with Crippen LogP contribution in [0.3, 0.4) is 0 Å². The highest BCUT2D eigenvalue weighted by atomic mass is 127. The third kappa shape index (κ3) is 5.20. The van der Waals surface area contributed by atoms with Crippen LogP contribution in [0.2, 0.25) is 0 Å². The normalized spacial score (nSPS) is 11.2. The maximum Gasteiger partial charge on any atom is 0.191 e. The lowest BCUT2D eigenvalue weighted by Gasteiger charge is -2.12. The van der Waals surface area contributed by atoms with Crippen molar-refractivity contribution < 1.29 is 0 Å². The van der Waals surface area contributed by atoms with Crippen molar-refractivity contribution in [3.8, 4) is 0 Å². The van der Waals surface area contributed by atoms with Gasteiger partial charge in [-0.2, -0.15) is 0 Å². The number of nitrogens with one attached hydrogen (secondary N) is 2. The molecule has 0 aliphatic carbocycles. The van der Waals surface area contributed by atoms with Gasteiger partial charge in [0.05, 0.1) is 17.6 Å². The lowest BCUT2D eigenvalue weighted by Crippen LogP contribution is -2.37. The minimum Gasteiger partial charge on any atom is -0.356 e. The first-order valence-corrected chi connectivity index (χ1v) is 8.66. The molecular weight excluding hydrogens is 437 g/mol. The van der Waals surface area contributed by atoms with Crippen molar-refractivity contribution in [2.24, 2.45) is 12.0 Å². The van der Waals surface area contributed by atoms with Crippen molar-refractivity contribution in [2.75, 3.05) is 13.6 Å². The molecule has 0 aliphatic heterocycles. The summed E-state index contributed by atoms with van der Waals surface area (Å²) in [7, 11) is 3.84. The van der Waals surface area contributed by atoms with E-state index in [0.717, 1.165) is 42.2 Å². The molecule has 0 fully saturated rings. The molecule has 1 heterocycles. The highest BCUT2D eigenvalue weighted by Crippen LogP contribution is 2.13. The van der Waals surface area contributed by atoms with Gasteiger partial charge in [-0.05, 0) is 30.5 Å². The van der Waals surface area contributed by atoms with Crippen LogP contribution in [0.15, 0.2) is 59.6 Å². The molecule has 26 heavy (non-hydrogen) atoms. The molecule has 0 atom stereocenters. The summed E-state index contributed by atoms with van der Waals surface area (Å²) in [6.45, 7) is 1.53. The number of rotatable bonds is 6. The molecule has 3 aromatic rings. The van der Waals surface area contributed by atoms with E-state index >= 15 is 0 Å². The third-order valence-corrected chi connectivity index (χ3v) is 4.29. The van der Waals surface area contributed by atoms with E-state index < -0.39 is 0 Å². The molecule has 5 nitrogen and oxygen atoms in total. The highest BCUT2D eigenvalue weighted by molar-refractivity contribution is 14.0. The fourth-order valence-electron chi connectivity index (χ4n) is 2.88. The summed E-state index contributed by atoms with van der Waals surface area (Å²) in [5, 5.41) is 6.71. The van der Waals surface area contributed by atoms with Crippen LogP contribution < -0.4 is 10.6 Å². The van der Waals surface area contributed by atoms with Crippen molar-refractivity contribution in [1.29, 1.82) is 0 Å². The third-order valence-electron chi connectivity index (χ3n) is 4.29. The van der Waals surface area contributed by atoms with Crippen molar-refractivity contribution in [1.82, 2.24) is 20.2 Å². The molecule has 0 bridgehead atoms. The van der Waals surface area contributed by atoms with Gasteiger partial charge in [0.1, 0.15) is 5.82 Å². The zero-order valence-corrected chi connectivity index (χ0v) is 17.6. The predicted octanol–water partition coefficient (Wildman–Crippen LogP) is 3.49. The number of aromatic nitrogens is 2. The molecular formula is C20H26IN5. The molecule has 3 rings (SSSR count). The molecule has 0 aliphatic rings. The second-order valence-corrected chi connectivity index (χ2v) is 6.02. The number of guanidine groups is 1. The van der Waals surface area contributed by atoms with E-state index in [9.17, 15) is 0 Å². The van der Waals surface area contributed by atoms with Gasteiger partial charge >= 0.3 is 0 Å². The highest BCUT2D eigenvalue weighted by Gasteiger charge is 2.07. The van der Waals surface area contributed by atoms with Crippen LogP contribution in [0.1, 0.15) is 17.8 Å². The van der Waals surface area contributed by atoms with E-state index in [4.69, 9.17) is 0 Å². The number of aryl methyl sites for hydroxylation is 2. The molecule has 2 N–H and O–H groups in total. The summed E-state index contributed by atoms with van der Waals surface area (Å²) < 4.78 is 2.12. The smallest absolute Gasteiger partial charge is 0.191 e. The Labute approximate surface area is 172 Å². The largest absolute Gasteiger partial charge is 0.356 e. The Morgan fingerprint density at radius 2 is 1.77 bits per heavy atom. The van der Waals surface area contributed by atoms with Crippen molar-refractivity contribution >= 4 is 41.0 Å². The Kier molecular flexibility index (Phi) is 7.90. The molecule has 0 amide bonds. The first-order valence-electron chi connectivity index (χ1n) is 8.66. The zero-order chi connectivity index (χ0) is 17.5. The average molecular weight is 463 g/mol. The SMILES string of the molecule is CN=C(NCCCc1ccccc1)NCc1nc2ccccc2n1C.I. The van der Waals surface area contributed by atoms with Gasteiger partial charge in [-0.15, -0.1) is 24.0 Å². The second-order valence-electron chi connectivity index (χ2n) is 6.02. The van der Waals surface area contributed by atoms with Gasteiger partial charge in [-0.25, -0.2) is 4.98 Å². The first-order chi connectivity index (χ1) is 12.3. The van der Waals surface area contributed by atoms with Gasteiger partial charge in [-0.1, -0.05) is 42.5 Å². The Balaban J connectivity index is 0.00000243. The zero-order valence-electron chi connectivity index (χ0n) is 15.3. The van der Waals surface area contributed by atoms with Crippen molar-refractivity contribution in [3.05, 3.63) is 66.0 Å². The number of fused-ring (bicyclic) bond motifs is 1. The topological polar surface area (TPSA) is 54.2 Å². The Morgan fingerprint density at radius 3 is 2.50 bits per heavy atom. The molecule has 0 saturated carbocycles. The molecule has 0 radical (unpaired) electrons. The summed E-state index contributed by atoms with van der Waals surface area (Å²) in [5.41, 5.74) is 3.53. The lowest BCUT2D eigenvalue weighted by molar-refractivity contribution is 0.715. The van der Waals surface area contributed by atoms with Gasteiger partial charge in [0, 0.05) is 20.6 Å². The Hall–Kier alpha value is -2.09. The summed E-state index contributed by atoms with van der Waals surface area (Å²) >= 11 is 0. The Bertz CT molecular complexity index is 842. The number of hydrogen-bond acceptors (Lipinski definition) is 2. The maximum absolute atomic E-state index is 4.67. The molecule has 2 aromatic carbocycles. The second kappa shape index (κ2) is 10.2. The summed E-state index contributed by atoms with van der Waals surface area (Å²) in [5.74, 6) is 1.80. The van der Waals surface area contributed by atoms with E-state index in [0.29, 0.717) is 6.54 Å². The van der Waals surface area contributed by atoms with E-state index in [1.165, 1.54) is 5.56 Å². The molecule has 0 unspecified atom stereocenters. The Morgan fingerprint density at radius 1 is 1.04 bits per heavy atom. The van der Waals surface area contributed by atoms with E-state index in [1.807, 2.05) is 25.2 Å². The van der Waals surface area contributed by atoms with E-state index in [2.05, 4.69) is 61.6 Å². The summed E-state index contributed by atoms with van der Waals surface area (Å²) in [6.07, 6.45) is 2.13. The number of hydrogen-bond donors (Lipinski definition) is 2. The van der Waals surface area contributed by atoms with Crippen LogP contribution in [0, 0.1) is 0 Å². The molecule has 138 valence electrons. The molecule has 0 spiro atoms. The summed E-state index contributed by atoms with van der Waals surface area (Å²) in [6, 6.07) is 18.7. The van der Waals surface area contributed by atoms with Crippen LogP contribution in [0.5, 0.6) is 0 Å². The van der Waals surface area contributed by atoms with Crippen molar-refractivity contribution in [2.45, 2.75) is 19.4 Å². The number of aliphatic imine (C=N–C) groups is 1. The van der Waals surface area contributed by atoms with Crippen LogP contribution in [-0.2, 0) is 20.0 Å². The maximum atomic E-state index is 4.67.